The molecule has 3 aromatic carbocycles. The minimum atomic E-state index is -4.00. The summed E-state index contributed by atoms with van der Waals surface area (Å²) < 4.78 is 27.6. The van der Waals surface area contributed by atoms with Gasteiger partial charge in [0.15, 0.2) is 0 Å². The lowest BCUT2D eigenvalue weighted by molar-refractivity contribution is -0.116. The van der Waals surface area contributed by atoms with Crippen molar-refractivity contribution >= 4 is 56.4 Å². The van der Waals surface area contributed by atoms with Gasteiger partial charge in [-0.3, -0.25) is 14.3 Å². The lowest BCUT2D eigenvalue weighted by Crippen LogP contribution is -2.27. The number of carbonyl (C=O) groups is 2. The third-order valence-electron chi connectivity index (χ3n) is 4.28. The van der Waals surface area contributed by atoms with Crippen LogP contribution in [0, 0.1) is 0 Å². The van der Waals surface area contributed by atoms with Crippen molar-refractivity contribution in [1.82, 2.24) is 5.32 Å². The Morgan fingerprint density at radius 3 is 2.00 bits per heavy atom. The summed E-state index contributed by atoms with van der Waals surface area (Å²) in [5.74, 6) is -0.553. The van der Waals surface area contributed by atoms with E-state index in [1.54, 1.807) is 42.5 Å². The Kier molecular flexibility index (Phi) is 7.74. The number of hydrogen-bond donors (Lipinski definition) is 3. The average Bonchev–Trinajstić information content (AvgIpc) is 2.75. The quantitative estimate of drug-likeness (QED) is 0.429. The molecule has 0 aliphatic carbocycles. The molecular weight excluding hydrogens is 473 g/mol. The lowest BCUT2D eigenvalue weighted by atomic mass is 10.2. The third-order valence-corrected chi connectivity index (χ3v) is 6.62. The Morgan fingerprint density at radius 2 is 1.38 bits per heavy atom. The zero-order valence-electron chi connectivity index (χ0n) is 16.6. The zero-order valence-corrected chi connectivity index (χ0v) is 19.0. The van der Waals surface area contributed by atoms with Crippen LogP contribution in [0.2, 0.25) is 10.0 Å². The van der Waals surface area contributed by atoms with Gasteiger partial charge in [-0.2, -0.15) is 0 Å². The number of rotatable bonds is 8. The van der Waals surface area contributed by atoms with Crippen LogP contribution in [0.25, 0.3) is 0 Å². The standard InChI is InChI=1S/C22H19Cl2N3O4S/c23-18-7-4-8-19(24)21(18)32(30,31)27-17-11-9-16(10-12-17)26-20(28)13-14-25-22(29)15-5-2-1-3-6-15/h1-12,27H,13-14H2,(H,25,29)(H,26,28). The zero-order chi connectivity index (χ0) is 23.1. The van der Waals surface area contributed by atoms with Crippen LogP contribution < -0.4 is 15.4 Å². The second-order valence-corrected chi connectivity index (χ2v) is 9.09. The summed E-state index contributed by atoms with van der Waals surface area (Å²) in [4.78, 5) is 23.9. The number of halogens is 2. The maximum Gasteiger partial charge on any atom is 0.264 e. The maximum absolute atomic E-state index is 12.6. The fourth-order valence-electron chi connectivity index (χ4n) is 2.77. The predicted octanol–water partition coefficient (Wildman–Crippen LogP) is 4.55. The van der Waals surface area contributed by atoms with E-state index in [-0.39, 0.29) is 45.4 Å². The smallest absolute Gasteiger partial charge is 0.264 e. The van der Waals surface area contributed by atoms with Crippen molar-refractivity contribution in [3.8, 4) is 0 Å². The van der Waals surface area contributed by atoms with Crippen LogP contribution in [0.1, 0.15) is 16.8 Å². The Labute approximate surface area is 195 Å². The number of benzene rings is 3. The van der Waals surface area contributed by atoms with E-state index in [0.717, 1.165) is 0 Å². The number of carbonyl (C=O) groups excluding carboxylic acids is 2. The first kappa shape index (κ1) is 23.6. The van der Waals surface area contributed by atoms with Gasteiger partial charge in [-0.1, -0.05) is 47.5 Å². The van der Waals surface area contributed by atoms with Gasteiger partial charge in [-0.05, 0) is 48.5 Å². The molecule has 0 radical (unpaired) electrons. The van der Waals surface area contributed by atoms with Crippen LogP contribution in [-0.4, -0.2) is 26.8 Å². The number of nitrogens with one attached hydrogen (secondary N) is 3. The van der Waals surface area contributed by atoms with Crippen LogP contribution in [0.4, 0.5) is 11.4 Å². The van der Waals surface area contributed by atoms with Gasteiger partial charge in [0.05, 0.1) is 10.0 Å². The average molecular weight is 492 g/mol. The fourth-order valence-corrected chi connectivity index (χ4v) is 4.98. The molecule has 0 aliphatic rings. The molecule has 3 rings (SSSR count). The van der Waals surface area contributed by atoms with Crippen LogP contribution >= 0.6 is 23.2 Å². The molecule has 0 spiro atoms. The summed E-state index contributed by atoms with van der Waals surface area (Å²) in [7, 11) is -4.00. The molecule has 0 unspecified atom stereocenters. The van der Waals surface area contributed by atoms with E-state index in [1.807, 2.05) is 6.07 Å². The number of amides is 2. The van der Waals surface area contributed by atoms with Gasteiger partial charge < -0.3 is 10.6 Å². The molecule has 10 heteroatoms. The van der Waals surface area contributed by atoms with Crippen molar-refractivity contribution in [2.24, 2.45) is 0 Å². The van der Waals surface area contributed by atoms with Gasteiger partial charge >= 0.3 is 0 Å². The highest BCUT2D eigenvalue weighted by atomic mass is 35.5. The first-order chi connectivity index (χ1) is 15.3. The molecule has 0 fully saturated rings. The van der Waals surface area contributed by atoms with Gasteiger partial charge in [0.25, 0.3) is 15.9 Å². The van der Waals surface area contributed by atoms with Crippen molar-refractivity contribution in [2.45, 2.75) is 11.3 Å². The normalized spacial score (nSPS) is 10.9. The van der Waals surface area contributed by atoms with Gasteiger partial charge in [0, 0.05) is 29.9 Å². The van der Waals surface area contributed by atoms with E-state index in [4.69, 9.17) is 23.2 Å². The Balaban J connectivity index is 1.53. The van der Waals surface area contributed by atoms with E-state index in [2.05, 4.69) is 15.4 Å². The summed E-state index contributed by atoms with van der Waals surface area (Å²) in [6, 6.07) is 19.2. The minimum absolute atomic E-state index is 0.00763. The van der Waals surface area contributed by atoms with Crippen LogP contribution in [0.3, 0.4) is 0 Å². The van der Waals surface area contributed by atoms with Gasteiger partial charge in [-0.15, -0.1) is 0 Å². The molecule has 7 nitrogen and oxygen atoms in total. The second kappa shape index (κ2) is 10.5. The molecule has 2 amide bonds. The number of anilines is 2. The molecule has 0 saturated heterocycles. The lowest BCUT2D eigenvalue weighted by Gasteiger charge is -2.12. The second-order valence-electron chi connectivity index (χ2n) is 6.65. The molecule has 0 aromatic heterocycles. The van der Waals surface area contributed by atoms with Crippen LogP contribution in [-0.2, 0) is 14.8 Å². The Morgan fingerprint density at radius 1 is 0.781 bits per heavy atom. The monoisotopic (exact) mass is 491 g/mol. The molecule has 0 saturated carbocycles. The fraction of sp³-hybridized carbons (Fsp3) is 0.0909. The van der Waals surface area contributed by atoms with Crippen molar-refractivity contribution in [1.29, 1.82) is 0 Å². The Hall–Kier alpha value is -3.07. The predicted molar refractivity (Wildman–Crippen MR) is 126 cm³/mol. The first-order valence-electron chi connectivity index (χ1n) is 9.46. The Bertz CT molecular complexity index is 1200. The maximum atomic E-state index is 12.6. The van der Waals surface area contributed by atoms with E-state index in [0.29, 0.717) is 11.3 Å². The molecule has 0 aliphatic heterocycles. The number of sulfonamides is 1. The van der Waals surface area contributed by atoms with Crippen molar-refractivity contribution in [3.63, 3.8) is 0 Å². The molecule has 32 heavy (non-hydrogen) atoms. The molecule has 166 valence electrons. The van der Waals surface area contributed by atoms with Crippen LogP contribution in [0.5, 0.6) is 0 Å². The van der Waals surface area contributed by atoms with Crippen molar-refractivity contribution < 1.29 is 18.0 Å². The van der Waals surface area contributed by atoms with Gasteiger partial charge in [0.2, 0.25) is 5.91 Å². The molecule has 0 heterocycles. The van der Waals surface area contributed by atoms with Gasteiger partial charge in [0.1, 0.15) is 4.90 Å². The first-order valence-corrected chi connectivity index (χ1v) is 11.7. The molecule has 0 atom stereocenters. The highest BCUT2D eigenvalue weighted by Crippen LogP contribution is 2.30. The molecule has 0 bridgehead atoms. The summed E-state index contributed by atoms with van der Waals surface area (Å²) in [6.07, 6.45) is 0.0813. The van der Waals surface area contributed by atoms with Gasteiger partial charge in [-0.25, -0.2) is 8.42 Å². The highest BCUT2D eigenvalue weighted by molar-refractivity contribution is 7.93. The van der Waals surface area contributed by atoms with Crippen molar-refractivity contribution in [2.75, 3.05) is 16.6 Å². The van der Waals surface area contributed by atoms with Crippen molar-refractivity contribution in [3.05, 3.63) is 88.4 Å². The molecule has 3 aromatic rings. The van der Waals surface area contributed by atoms with Crippen LogP contribution in [0.15, 0.2) is 77.7 Å². The SMILES string of the molecule is O=C(CCNC(=O)c1ccccc1)Nc1ccc(NS(=O)(=O)c2c(Cl)cccc2Cl)cc1. The third kappa shape index (κ3) is 6.23. The minimum Gasteiger partial charge on any atom is -0.352 e. The molecule has 3 N–H and O–H groups in total. The summed E-state index contributed by atoms with van der Waals surface area (Å²) >= 11 is 12.0. The number of hydrogen-bond acceptors (Lipinski definition) is 4. The summed E-state index contributed by atoms with van der Waals surface area (Å²) in [5.41, 5.74) is 1.27. The summed E-state index contributed by atoms with van der Waals surface area (Å²) in [5, 5.41) is 5.38. The van der Waals surface area contributed by atoms with E-state index in [9.17, 15) is 18.0 Å². The largest absolute Gasteiger partial charge is 0.352 e. The summed E-state index contributed by atoms with van der Waals surface area (Å²) in [6.45, 7) is 0.177. The topological polar surface area (TPSA) is 104 Å². The van der Waals surface area contributed by atoms with E-state index < -0.39 is 10.0 Å². The molecular formula is C22H19Cl2N3O4S. The highest BCUT2D eigenvalue weighted by Gasteiger charge is 2.21. The van der Waals surface area contributed by atoms with E-state index in [1.165, 1.54) is 24.3 Å². The van der Waals surface area contributed by atoms with E-state index >= 15 is 0 Å².